The van der Waals surface area contributed by atoms with Crippen LogP contribution in [0, 0.1) is 0 Å². The van der Waals surface area contributed by atoms with E-state index in [-0.39, 0.29) is 6.61 Å². The van der Waals surface area contributed by atoms with E-state index in [1.54, 1.807) is 0 Å². The summed E-state index contributed by atoms with van der Waals surface area (Å²) in [7, 11) is 0. The Bertz CT molecular complexity index is 70.7. The van der Waals surface area contributed by atoms with Gasteiger partial charge < -0.3 is 14.6 Å². The van der Waals surface area contributed by atoms with Crippen LogP contribution in [0.15, 0.2) is 0 Å². The van der Waals surface area contributed by atoms with E-state index in [4.69, 9.17) is 14.6 Å². The molecule has 3 nitrogen and oxygen atoms in total. The van der Waals surface area contributed by atoms with Crippen LogP contribution >= 0.6 is 0 Å². The van der Waals surface area contributed by atoms with E-state index in [1.807, 2.05) is 0 Å². The number of aliphatic hydroxyl groups excluding tert-OH is 1. The van der Waals surface area contributed by atoms with E-state index in [1.165, 1.54) is 0 Å². The van der Waals surface area contributed by atoms with Gasteiger partial charge in [0, 0.05) is 6.61 Å². The minimum Gasteiger partial charge on any atom is -0.394 e. The van der Waals surface area contributed by atoms with E-state index in [9.17, 15) is 0 Å². The van der Waals surface area contributed by atoms with Crippen LogP contribution < -0.4 is 0 Å². The van der Waals surface area contributed by atoms with Gasteiger partial charge in [-0.1, -0.05) is 0 Å². The van der Waals surface area contributed by atoms with Gasteiger partial charge in [0.25, 0.3) is 0 Å². The molecule has 0 amide bonds. The van der Waals surface area contributed by atoms with Crippen molar-refractivity contribution in [2.24, 2.45) is 0 Å². The Hall–Kier alpha value is -0.120. The Morgan fingerprint density at radius 1 is 1.56 bits per heavy atom. The molecule has 0 aromatic rings. The molecule has 1 aliphatic heterocycles. The van der Waals surface area contributed by atoms with Crippen molar-refractivity contribution >= 4 is 0 Å². The average molecular weight is 132 g/mol. The third-order valence-corrected chi connectivity index (χ3v) is 1.22. The van der Waals surface area contributed by atoms with Crippen LogP contribution in [0.25, 0.3) is 0 Å². The van der Waals surface area contributed by atoms with Crippen molar-refractivity contribution in [2.45, 2.75) is 12.5 Å². The molecule has 1 fully saturated rings. The van der Waals surface area contributed by atoms with Crippen LogP contribution in [0.4, 0.5) is 0 Å². The minimum absolute atomic E-state index is 0.117. The molecule has 0 saturated carbocycles. The second-order valence-corrected chi connectivity index (χ2v) is 2.08. The van der Waals surface area contributed by atoms with Gasteiger partial charge in [-0.3, -0.25) is 0 Å². The van der Waals surface area contributed by atoms with Crippen molar-refractivity contribution < 1.29 is 14.6 Å². The monoisotopic (exact) mass is 132 g/mol. The molecule has 0 aromatic heterocycles. The zero-order valence-electron chi connectivity index (χ0n) is 5.38. The number of hydrogen-bond acceptors (Lipinski definition) is 3. The molecule has 0 radical (unpaired) electrons. The Morgan fingerprint density at radius 2 is 2.33 bits per heavy atom. The quantitative estimate of drug-likeness (QED) is 0.415. The Labute approximate surface area is 54.6 Å². The predicted molar refractivity (Wildman–Crippen MR) is 32.3 cm³/mol. The van der Waals surface area contributed by atoms with E-state index in [0.717, 1.165) is 13.0 Å². The summed E-state index contributed by atoms with van der Waals surface area (Å²) in [6, 6.07) is 0. The third-order valence-electron chi connectivity index (χ3n) is 1.22. The van der Waals surface area contributed by atoms with Gasteiger partial charge >= 0.3 is 0 Å². The first-order chi connectivity index (χ1) is 4.43. The molecule has 1 unspecified atom stereocenters. The highest BCUT2D eigenvalue weighted by atomic mass is 16.6. The molecule has 9 heavy (non-hydrogen) atoms. The molecule has 0 aliphatic carbocycles. The van der Waals surface area contributed by atoms with Crippen LogP contribution in [-0.4, -0.2) is 37.6 Å². The minimum atomic E-state index is 0.117. The lowest BCUT2D eigenvalue weighted by molar-refractivity contribution is 0.0870. The summed E-state index contributed by atoms with van der Waals surface area (Å²) in [5, 5.41) is 8.29. The SMILES string of the molecule is OCCOCCC1CO1. The molecule has 1 aliphatic rings. The normalized spacial score (nSPS) is 24.3. The smallest absolute Gasteiger partial charge is 0.0831 e. The molecule has 3 heteroatoms. The molecule has 0 aromatic carbocycles. The second kappa shape index (κ2) is 3.82. The van der Waals surface area contributed by atoms with Gasteiger partial charge in [-0.2, -0.15) is 0 Å². The number of epoxide rings is 1. The maximum Gasteiger partial charge on any atom is 0.0831 e. The number of ether oxygens (including phenoxy) is 2. The molecule has 54 valence electrons. The topological polar surface area (TPSA) is 42.0 Å². The molecule has 1 atom stereocenters. The van der Waals surface area contributed by atoms with Crippen molar-refractivity contribution in [2.75, 3.05) is 26.4 Å². The molecule has 1 N–H and O–H groups in total. The lowest BCUT2D eigenvalue weighted by atomic mass is 10.3. The summed E-state index contributed by atoms with van der Waals surface area (Å²) in [6.45, 7) is 2.17. The molecule has 1 rings (SSSR count). The highest BCUT2D eigenvalue weighted by Gasteiger charge is 2.21. The predicted octanol–water partition coefficient (Wildman–Crippen LogP) is -0.216. The van der Waals surface area contributed by atoms with E-state index < -0.39 is 0 Å². The number of aliphatic hydroxyl groups is 1. The van der Waals surface area contributed by atoms with Crippen LogP contribution in [0.1, 0.15) is 6.42 Å². The Kier molecular flexibility index (Phi) is 2.97. The fourth-order valence-electron chi connectivity index (χ4n) is 0.616. The van der Waals surface area contributed by atoms with Gasteiger partial charge in [0.2, 0.25) is 0 Å². The Balaban J connectivity index is 1.71. The zero-order valence-corrected chi connectivity index (χ0v) is 5.38. The Morgan fingerprint density at radius 3 is 2.89 bits per heavy atom. The lowest BCUT2D eigenvalue weighted by Crippen LogP contribution is -2.02. The first-order valence-corrected chi connectivity index (χ1v) is 3.23. The summed E-state index contributed by atoms with van der Waals surface area (Å²) in [4.78, 5) is 0. The van der Waals surface area contributed by atoms with Gasteiger partial charge in [-0.15, -0.1) is 0 Å². The molecule has 1 saturated heterocycles. The standard InChI is InChI=1S/C6H12O3/c7-2-4-8-3-1-6-5-9-6/h6-7H,1-5H2. The lowest BCUT2D eigenvalue weighted by Gasteiger charge is -1.97. The van der Waals surface area contributed by atoms with Crippen molar-refractivity contribution in [1.82, 2.24) is 0 Å². The van der Waals surface area contributed by atoms with Crippen molar-refractivity contribution in [3.05, 3.63) is 0 Å². The van der Waals surface area contributed by atoms with Gasteiger partial charge in [-0.25, -0.2) is 0 Å². The number of hydrogen-bond donors (Lipinski definition) is 1. The first-order valence-electron chi connectivity index (χ1n) is 3.23. The zero-order chi connectivity index (χ0) is 6.53. The van der Waals surface area contributed by atoms with Crippen LogP contribution in [0.2, 0.25) is 0 Å². The fraction of sp³-hybridized carbons (Fsp3) is 1.00. The van der Waals surface area contributed by atoms with Crippen molar-refractivity contribution in [1.29, 1.82) is 0 Å². The second-order valence-electron chi connectivity index (χ2n) is 2.08. The maximum absolute atomic E-state index is 8.29. The summed E-state index contributed by atoms with van der Waals surface area (Å²) in [5.41, 5.74) is 0. The largest absolute Gasteiger partial charge is 0.394 e. The summed E-state index contributed by atoms with van der Waals surface area (Å²) in [6.07, 6.45) is 1.42. The first kappa shape index (κ1) is 6.99. The molecule has 1 heterocycles. The van der Waals surface area contributed by atoms with E-state index >= 15 is 0 Å². The highest BCUT2D eigenvalue weighted by Crippen LogP contribution is 2.12. The van der Waals surface area contributed by atoms with Gasteiger partial charge in [-0.05, 0) is 6.42 Å². The van der Waals surface area contributed by atoms with Gasteiger partial charge in [0.15, 0.2) is 0 Å². The van der Waals surface area contributed by atoms with Crippen LogP contribution in [0.5, 0.6) is 0 Å². The highest BCUT2D eigenvalue weighted by molar-refractivity contribution is 4.67. The van der Waals surface area contributed by atoms with E-state index in [2.05, 4.69) is 0 Å². The summed E-state index contributed by atoms with van der Waals surface area (Å²) >= 11 is 0. The van der Waals surface area contributed by atoms with Crippen LogP contribution in [-0.2, 0) is 9.47 Å². The van der Waals surface area contributed by atoms with Crippen LogP contribution in [0.3, 0.4) is 0 Å². The van der Waals surface area contributed by atoms with E-state index in [0.29, 0.717) is 19.3 Å². The fourth-order valence-corrected chi connectivity index (χ4v) is 0.616. The maximum atomic E-state index is 8.29. The molecular weight excluding hydrogens is 120 g/mol. The van der Waals surface area contributed by atoms with Crippen molar-refractivity contribution in [3.8, 4) is 0 Å². The number of rotatable bonds is 5. The molecule has 0 spiro atoms. The average Bonchev–Trinajstić information content (AvgIpc) is 2.63. The third kappa shape index (κ3) is 3.46. The van der Waals surface area contributed by atoms with Gasteiger partial charge in [0.05, 0.1) is 25.9 Å². The van der Waals surface area contributed by atoms with Crippen molar-refractivity contribution in [3.63, 3.8) is 0 Å². The molecular formula is C6H12O3. The summed E-state index contributed by atoms with van der Waals surface area (Å²) < 4.78 is 9.95. The van der Waals surface area contributed by atoms with Gasteiger partial charge in [0.1, 0.15) is 0 Å². The molecule has 0 bridgehead atoms. The summed E-state index contributed by atoms with van der Waals surface area (Å²) in [5.74, 6) is 0.